The van der Waals surface area contributed by atoms with Crippen molar-refractivity contribution in [2.45, 2.75) is 13.0 Å². The van der Waals surface area contributed by atoms with Gasteiger partial charge in [0, 0.05) is 25.5 Å². The van der Waals surface area contributed by atoms with Crippen LogP contribution < -0.4 is 20.1 Å². The van der Waals surface area contributed by atoms with E-state index in [1.54, 1.807) is 14.2 Å². The first-order valence-corrected chi connectivity index (χ1v) is 9.28. The molecular weight excluding hydrogens is 368 g/mol. The molecule has 0 bridgehead atoms. The highest BCUT2D eigenvalue weighted by molar-refractivity contribution is 5.93. The Hall–Kier alpha value is -3.61. The molecule has 3 rings (SSSR count). The predicted octanol–water partition coefficient (Wildman–Crippen LogP) is 3.08. The topological polar surface area (TPSA) is 85.4 Å². The first-order chi connectivity index (χ1) is 14.2. The fourth-order valence-electron chi connectivity index (χ4n) is 2.78. The summed E-state index contributed by atoms with van der Waals surface area (Å²) in [6.45, 7) is 1.07. The molecule has 0 spiro atoms. The lowest BCUT2D eigenvalue weighted by Crippen LogP contribution is -2.26. The van der Waals surface area contributed by atoms with Crippen molar-refractivity contribution in [1.82, 2.24) is 15.3 Å². The van der Waals surface area contributed by atoms with Crippen molar-refractivity contribution in [3.05, 3.63) is 77.6 Å². The molecule has 0 fully saturated rings. The Labute approximate surface area is 170 Å². The van der Waals surface area contributed by atoms with Gasteiger partial charge in [0.1, 0.15) is 11.5 Å². The van der Waals surface area contributed by atoms with Gasteiger partial charge in [0.2, 0.25) is 5.95 Å². The summed E-state index contributed by atoms with van der Waals surface area (Å²) in [5, 5.41) is 6.01. The zero-order chi connectivity index (χ0) is 20.5. The number of nitrogens with zero attached hydrogens (tertiary/aromatic N) is 2. The van der Waals surface area contributed by atoms with Gasteiger partial charge >= 0.3 is 0 Å². The number of rotatable bonds is 9. The number of hydrogen-bond donors (Lipinski definition) is 2. The summed E-state index contributed by atoms with van der Waals surface area (Å²) in [5.74, 6) is 1.89. The molecule has 0 unspecified atom stereocenters. The Morgan fingerprint density at radius 1 is 0.966 bits per heavy atom. The van der Waals surface area contributed by atoms with Crippen molar-refractivity contribution in [2.75, 3.05) is 26.1 Å². The van der Waals surface area contributed by atoms with Gasteiger partial charge in [-0.2, -0.15) is 0 Å². The summed E-state index contributed by atoms with van der Waals surface area (Å²) in [5.41, 5.74) is 2.54. The van der Waals surface area contributed by atoms with E-state index >= 15 is 0 Å². The molecule has 1 heterocycles. The molecule has 7 nitrogen and oxygen atoms in total. The van der Waals surface area contributed by atoms with E-state index in [2.05, 4.69) is 20.6 Å². The second-order valence-electron chi connectivity index (χ2n) is 6.31. The van der Waals surface area contributed by atoms with Crippen LogP contribution in [0.25, 0.3) is 0 Å². The molecule has 3 aromatic rings. The van der Waals surface area contributed by atoms with Crippen molar-refractivity contribution in [3.8, 4) is 11.5 Å². The van der Waals surface area contributed by atoms with Gasteiger partial charge in [0.05, 0.1) is 19.8 Å². The fraction of sp³-hybridized carbons (Fsp3) is 0.227. The summed E-state index contributed by atoms with van der Waals surface area (Å²) in [6, 6.07) is 15.5. The minimum absolute atomic E-state index is 0.207. The highest BCUT2D eigenvalue weighted by Crippen LogP contribution is 2.17. The van der Waals surface area contributed by atoms with Crippen LogP contribution in [0.5, 0.6) is 11.5 Å². The third-order valence-corrected chi connectivity index (χ3v) is 4.40. The van der Waals surface area contributed by atoms with E-state index < -0.39 is 0 Å². The monoisotopic (exact) mass is 392 g/mol. The lowest BCUT2D eigenvalue weighted by atomic mass is 10.1. The quantitative estimate of drug-likeness (QED) is 0.582. The van der Waals surface area contributed by atoms with E-state index in [9.17, 15) is 4.79 Å². The average molecular weight is 392 g/mol. The summed E-state index contributed by atoms with van der Waals surface area (Å²) in [6.07, 6.45) is 3.71. The van der Waals surface area contributed by atoms with Gasteiger partial charge in [-0.05, 0) is 35.7 Å². The number of nitrogens with one attached hydrogen (secondary N) is 2. The van der Waals surface area contributed by atoms with Crippen LogP contribution in [0, 0.1) is 0 Å². The Kier molecular flexibility index (Phi) is 7.00. The summed E-state index contributed by atoms with van der Waals surface area (Å²) < 4.78 is 10.5. The molecule has 2 N–H and O–H groups in total. The van der Waals surface area contributed by atoms with Crippen LogP contribution in [0.2, 0.25) is 0 Å². The van der Waals surface area contributed by atoms with Crippen molar-refractivity contribution >= 4 is 11.9 Å². The third kappa shape index (κ3) is 5.68. The van der Waals surface area contributed by atoms with Crippen LogP contribution in [-0.4, -0.2) is 36.6 Å². The lowest BCUT2D eigenvalue weighted by Gasteiger charge is -2.09. The highest BCUT2D eigenvalue weighted by atomic mass is 16.5. The van der Waals surface area contributed by atoms with Crippen LogP contribution >= 0.6 is 0 Å². The van der Waals surface area contributed by atoms with E-state index in [-0.39, 0.29) is 5.91 Å². The Morgan fingerprint density at radius 2 is 1.69 bits per heavy atom. The molecule has 2 aromatic carbocycles. The fourth-order valence-corrected chi connectivity index (χ4v) is 2.78. The molecule has 0 aliphatic carbocycles. The smallest absolute Gasteiger partial charge is 0.254 e. The molecule has 150 valence electrons. The SMILES string of the molecule is COc1ccc(CNc2ncc(C(=O)NCCc3ccccc3OC)cn2)cc1. The summed E-state index contributed by atoms with van der Waals surface area (Å²) in [4.78, 5) is 20.7. The van der Waals surface area contributed by atoms with E-state index in [1.165, 1.54) is 12.4 Å². The number of methoxy groups -OCH3 is 2. The Balaban J connectivity index is 1.47. The van der Waals surface area contributed by atoms with Crippen LogP contribution in [0.15, 0.2) is 60.9 Å². The molecule has 0 saturated carbocycles. The van der Waals surface area contributed by atoms with Gasteiger partial charge in [-0.15, -0.1) is 0 Å². The van der Waals surface area contributed by atoms with E-state index in [0.29, 0.717) is 31.0 Å². The van der Waals surface area contributed by atoms with Gasteiger partial charge in [-0.3, -0.25) is 4.79 Å². The second kappa shape index (κ2) is 10.1. The largest absolute Gasteiger partial charge is 0.497 e. The predicted molar refractivity (Wildman–Crippen MR) is 111 cm³/mol. The molecule has 0 saturated heterocycles. The van der Waals surface area contributed by atoms with Crippen LogP contribution in [-0.2, 0) is 13.0 Å². The van der Waals surface area contributed by atoms with E-state index in [0.717, 1.165) is 22.6 Å². The molecule has 1 amide bonds. The van der Waals surface area contributed by atoms with Gasteiger partial charge < -0.3 is 20.1 Å². The van der Waals surface area contributed by atoms with Crippen LogP contribution in [0.3, 0.4) is 0 Å². The number of anilines is 1. The number of benzene rings is 2. The van der Waals surface area contributed by atoms with E-state index in [4.69, 9.17) is 9.47 Å². The molecule has 1 aromatic heterocycles. The maximum absolute atomic E-state index is 12.3. The lowest BCUT2D eigenvalue weighted by molar-refractivity contribution is 0.0953. The maximum Gasteiger partial charge on any atom is 0.254 e. The number of carbonyl (C=O) groups excluding carboxylic acids is 1. The van der Waals surface area contributed by atoms with Gasteiger partial charge in [-0.25, -0.2) is 9.97 Å². The highest BCUT2D eigenvalue weighted by Gasteiger charge is 2.08. The number of para-hydroxylation sites is 1. The Morgan fingerprint density at radius 3 is 2.38 bits per heavy atom. The molecule has 0 aliphatic rings. The molecule has 0 radical (unpaired) electrons. The average Bonchev–Trinajstić information content (AvgIpc) is 2.78. The number of amides is 1. The standard InChI is InChI=1S/C22H24N4O3/c1-28-19-9-7-16(8-10-19)13-24-22-25-14-18(15-26-22)21(27)23-12-11-17-5-3-4-6-20(17)29-2/h3-10,14-15H,11-13H2,1-2H3,(H,23,27)(H,24,25,26). The molecule has 7 heteroatoms. The van der Waals surface area contributed by atoms with Crippen molar-refractivity contribution < 1.29 is 14.3 Å². The van der Waals surface area contributed by atoms with Crippen LogP contribution in [0.4, 0.5) is 5.95 Å². The zero-order valence-corrected chi connectivity index (χ0v) is 16.5. The minimum Gasteiger partial charge on any atom is -0.497 e. The van der Waals surface area contributed by atoms with Gasteiger partial charge in [0.25, 0.3) is 5.91 Å². The van der Waals surface area contributed by atoms with E-state index in [1.807, 2.05) is 48.5 Å². The number of carbonyl (C=O) groups is 1. The van der Waals surface area contributed by atoms with Crippen molar-refractivity contribution in [3.63, 3.8) is 0 Å². The van der Waals surface area contributed by atoms with Crippen molar-refractivity contribution in [1.29, 1.82) is 0 Å². The first-order valence-electron chi connectivity index (χ1n) is 9.28. The maximum atomic E-state index is 12.3. The van der Waals surface area contributed by atoms with Gasteiger partial charge in [0.15, 0.2) is 0 Å². The van der Waals surface area contributed by atoms with Crippen LogP contribution in [0.1, 0.15) is 21.5 Å². The number of ether oxygens (including phenoxy) is 2. The normalized spacial score (nSPS) is 10.3. The molecular formula is C22H24N4O3. The van der Waals surface area contributed by atoms with Gasteiger partial charge in [-0.1, -0.05) is 30.3 Å². The number of aromatic nitrogens is 2. The third-order valence-electron chi connectivity index (χ3n) is 4.40. The molecule has 0 aliphatic heterocycles. The van der Waals surface area contributed by atoms with Crippen molar-refractivity contribution in [2.24, 2.45) is 0 Å². The molecule has 29 heavy (non-hydrogen) atoms. The zero-order valence-electron chi connectivity index (χ0n) is 16.5. The number of hydrogen-bond acceptors (Lipinski definition) is 6. The Bertz CT molecular complexity index is 928. The second-order valence-corrected chi connectivity index (χ2v) is 6.31. The summed E-state index contributed by atoms with van der Waals surface area (Å²) >= 11 is 0. The first kappa shape index (κ1) is 20.1. The minimum atomic E-state index is -0.207. The summed E-state index contributed by atoms with van der Waals surface area (Å²) in [7, 11) is 3.27. The molecule has 0 atom stereocenters.